The lowest BCUT2D eigenvalue weighted by atomic mass is 9.48. The van der Waals surface area contributed by atoms with Gasteiger partial charge in [-0.05, 0) is 92.4 Å². The van der Waals surface area contributed by atoms with Crippen molar-refractivity contribution in [3.63, 3.8) is 0 Å². The number of carbonyl (C=O) groups is 2. The number of nitrogens with one attached hydrogen (secondary N) is 1. The largest absolute Gasteiger partial charge is 0.488 e. The van der Waals surface area contributed by atoms with Crippen molar-refractivity contribution in [3.05, 3.63) is 41.2 Å². The summed E-state index contributed by atoms with van der Waals surface area (Å²) in [5.41, 5.74) is -2.47. The average molecular weight is 698 g/mol. The van der Waals surface area contributed by atoms with Gasteiger partial charge in [0, 0.05) is 62.6 Å². The maximum absolute atomic E-state index is 14.7. The number of nitrogens with zero attached hydrogens (tertiary/aromatic N) is 4. The number of carboxylic acids is 1. The number of ether oxygens (including phenoxy) is 3. The molecule has 2 N–H and O–H groups in total. The van der Waals surface area contributed by atoms with Gasteiger partial charge in [-0.2, -0.15) is 13.2 Å². The van der Waals surface area contributed by atoms with Gasteiger partial charge in [-0.3, -0.25) is 9.69 Å². The number of aliphatic carboxylic acids is 1. The molecule has 1 aromatic carbocycles. The van der Waals surface area contributed by atoms with Crippen molar-refractivity contribution in [3.8, 4) is 5.75 Å². The fraction of sp³-hybridized carbons (Fsp3) is 0.667. The van der Waals surface area contributed by atoms with E-state index in [1.165, 1.54) is 0 Å². The SMILES string of the molecule is O=C(NC1(C(=O)O)C2CC3CC(C2)CC1C3)c1cnc(N2CC3(CCOCC3)c3cc(OC4CN(CC5COC5)C4)ccc32)nc1C(F)(F)F. The molecule has 10 rings (SSSR count). The van der Waals surface area contributed by atoms with E-state index >= 15 is 0 Å². The van der Waals surface area contributed by atoms with E-state index in [-0.39, 0.29) is 23.9 Å². The normalized spacial score (nSPS) is 31.7. The maximum atomic E-state index is 14.7. The Balaban J connectivity index is 0.994. The summed E-state index contributed by atoms with van der Waals surface area (Å²) in [6, 6.07) is 5.71. The Morgan fingerprint density at radius 1 is 1.02 bits per heavy atom. The summed E-state index contributed by atoms with van der Waals surface area (Å²) in [4.78, 5) is 39.0. The Morgan fingerprint density at radius 2 is 1.72 bits per heavy atom. The number of amides is 1. The van der Waals surface area contributed by atoms with Crippen LogP contribution in [0.1, 0.15) is 66.6 Å². The molecule has 0 radical (unpaired) electrons. The number of hydrogen-bond donors (Lipinski definition) is 2. The number of carboxylic acid groups (broad SMARTS) is 1. The smallest absolute Gasteiger partial charge is 0.434 e. The lowest BCUT2D eigenvalue weighted by Gasteiger charge is -2.59. The van der Waals surface area contributed by atoms with Gasteiger partial charge in [0.25, 0.3) is 5.91 Å². The number of hydrogen-bond acceptors (Lipinski definition) is 9. The average Bonchev–Trinajstić information content (AvgIpc) is 3.34. The molecule has 4 saturated carbocycles. The molecule has 1 amide bonds. The summed E-state index contributed by atoms with van der Waals surface area (Å²) in [7, 11) is 0. The number of rotatable bonds is 8. The molecule has 268 valence electrons. The number of likely N-dealkylation sites (tertiary alicyclic amines) is 1. The topological polar surface area (TPSA) is 126 Å². The van der Waals surface area contributed by atoms with Crippen LogP contribution in [0.3, 0.4) is 0 Å². The highest BCUT2D eigenvalue weighted by Crippen LogP contribution is 2.58. The second-order valence-corrected chi connectivity index (χ2v) is 15.9. The minimum atomic E-state index is -4.98. The van der Waals surface area contributed by atoms with E-state index in [0.29, 0.717) is 87.5 Å². The molecule has 4 aliphatic heterocycles. The van der Waals surface area contributed by atoms with Crippen molar-refractivity contribution < 1.29 is 42.1 Å². The van der Waals surface area contributed by atoms with Crippen LogP contribution >= 0.6 is 0 Å². The highest BCUT2D eigenvalue weighted by molar-refractivity contribution is 5.99. The summed E-state index contributed by atoms with van der Waals surface area (Å²) < 4.78 is 61.5. The van der Waals surface area contributed by atoms with Crippen LogP contribution in [-0.4, -0.2) is 96.1 Å². The fourth-order valence-corrected chi connectivity index (χ4v) is 10.5. The number of benzene rings is 1. The molecule has 0 unspecified atom stereocenters. The van der Waals surface area contributed by atoms with Gasteiger partial charge in [-0.15, -0.1) is 0 Å². The van der Waals surface area contributed by atoms with Gasteiger partial charge in [0.2, 0.25) is 5.95 Å². The van der Waals surface area contributed by atoms with Gasteiger partial charge < -0.3 is 29.5 Å². The third-order valence-electron chi connectivity index (χ3n) is 12.8. The molecule has 14 heteroatoms. The van der Waals surface area contributed by atoms with Crippen LogP contribution in [0.2, 0.25) is 0 Å². The monoisotopic (exact) mass is 697 g/mol. The van der Waals surface area contributed by atoms with Gasteiger partial charge in [-0.25, -0.2) is 14.8 Å². The first-order valence-electron chi connectivity index (χ1n) is 18.0. The van der Waals surface area contributed by atoms with Crippen LogP contribution < -0.4 is 15.0 Å². The molecule has 8 aliphatic rings. The molecule has 7 fully saturated rings. The lowest BCUT2D eigenvalue weighted by Crippen LogP contribution is -2.70. The molecule has 0 atom stereocenters. The maximum Gasteiger partial charge on any atom is 0.434 e. The van der Waals surface area contributed by atoms with Crippen molar-refractivity contribution in [1.29, 1.82) is 0 Å². The molecule has 3 saturated heterocycles. The van der Waals surface area contributed by atoms with E-state index in [4.69, 9.17) is 14.2 Å². The summed E-state index contributed by atoms with van der Waals surface area (Å²) >= 11 is 0. The second kappa shape index (κ2) is 11.8. The first kappa shape index (κ1) is 32.4. The third-order valence-corrected chi connectivity index (χ3v) is 12.8. The number of halogens is 3. The summed E-state index contributed by atoms with van der Waals surface area (Å²) in [5, 5.41) is 13.1. The van der Waals surface area contributed by atoms with Crippen LogP contribution in [0.25, 0.3) is 0 Å². The van der Waals surface area contributed by atoms with E-state index < -0.39 is 40.3 Å². The highest BCUT2D eigenvalue weighted by atomic mass is 19.4. The first-order chi connectivity index (χ1) is 24.0. The molecule has 1 aromatic heterocycles. The molecule has 2 aromatic rings. The van der Waals surface area contributed by atoms with E-state index in [1.807, 2.05) is 18.2 Å². The Morgan fingerprint density at radius 3 is 2.34 bits per heavy atom. The van der Waals surface area contributed by atoms with Crippen LogP contribution in [0.4, 0.5) is 24.8 Å². The fourth-order valence-electron chi connectivity index (χ4n) is 10.5. The molecule has 1 spiro atoms. The predicted octanol–water partition coefficient (Wildman–Crippen LogP) is 4.41. The number of alkyl halides is 3. The third kappa shape index (κ3) is 5.26. The van der Waals surface area contributed by atoms with Crippen molar-refractivity contribution >= 4 is 23.5 Å². The van der Waals surface area contributed by atoms with E-state index in [2.05, 4.69) is 20.2 Å². The lowest BCUT2D eigenvalue weighted by molar-refractivity contribution is -0.163. The Kier molecular flexibility index (Phi) is 7.63. The molecule has 4 bridgehead atoms. The Hall–Kier alpha value is -3.49. The minimum Gasteiger partial charge on any atom is -0.488 e. The van der Waals surface area contributed by atoms with E-state index in [9.17, 15) is 27.9 Å². The highest BCUT2D eigenvalue weighted by Gasteiger charge is 2.62. The van der Waals surface area contributed by atoms with Crippen molar-refractivity contribution in [2.45, 2.75) is 68.2 Å². The molecule has 50 heavy (non-hydrogen) atoms. The molecule has 11 nitrogen and oxygen atoms in total. The molecule has 5 heterocycles. The van der Waals surface area contributed by atoms with E-state index in [1.54, 1.807) is 4.90 Å². The molecule has 4 aliphatic carbocycles. The number of carbonyl (C=O) groups excluding carboxylic acids is 1. The van der Waals surface area contributed by atoms with Gasteiger partial charge in [0.15, 0.2) is 5.69 Å². The van der Waals surface area contributed by atoms with Gasteiger partial charge >= 0.3 is 12.1 Å². The summed E-state index contributed by atoms with van der Waals surface area (Å²) in [5.74, 6) is -0.956. The van der Waals surface area contributed by atoms with Crippen LogP contribution in [0, 0.1) is 29.6 Å². The zero-order chi connectivity index (χ0) is 34.4. The summed E-state index contributed by atoms with van der Waals surface area (Å²) in [6.07, 6.45) is 1.03. The van der Waals surface area contributed by atoms with Gasteiger partial charge in [0.1, 0.15) is 17.4 Å². The molecular formula is C36H42F3N5O6. The predicted molar refractivity (Wildman–Crippen MR) is 172 cm³/mol. The van der Waals surface area contributed by atoms with Crippen molar-refractivity contribution in [2.24, 2.45) is 29.6 Å². The number of fused-ring (bicyclic) bond motifs is 2. The van der Waals surface area contributed by atoms with Crippen molar-refractivity contribution in [1.82, 2.24) is 20.2 Å². The van der Waals surface area contributed by atoms with Crippen molar-refractivity contribution in [2.75, 3.05) is 57.5 Å². The molecular weight excluding hydrogens is 655 g/mol. The Labute approximate surface area is 287 Å². The summed E-state index contributed by atoms with van der Waals surface area (Å²) in [6.45, 7) is 5.69. The number of aromatic nitrogens is 2. The van der Waals surface area contributed by atoms with Gasteiger partial charge in [-0.1, -0.05) is 0 Å². The quantitative estimate of drug-likeness (QED) is 0.410. The first-order valence-corrected chi connectivity index (χ1v) is 18.0. The zero-order valence-electron chi connectivity index (χ0n) is 27.8. The van der Waals surface area contributed by atoms with Crippen LogP contribution in [0.15, 0.2) is 24.4 Å². The standard InChI is InChI=1S/C36H42F3N5O6/c37-36(38,39)30-27(31(45)42-35(32(46)47)23-8-20-7-21(10-23)11-24(35)9-20)13-40-33(41-30)44-19-34(3-5-48-6-4-34)28-12-25(1-2-29(28)44)50-26-15-43(16-26)14-22-17-49-18-22/h1-2,12-13,20-24,26H,3-11,14-19H2,(H,42,45)(H,46,47). The van der Waals surface area contributed by atoms with E-state index in [0.717, 1.165) is 51.0 Å². The second-order valence-electron chi connectivity index (χ2n) is 15.9. The van der Waals surface area contributed by atoms with Crippen LogP contribution in [0.5, 0.6) is 5.75 Å². The van der Waals surface area contributed by atoms with Crippen LogP contribution in [-0.2, 0) is 25.9 Å². The minimum absolute atomic E-state index is 0.0627. The van der Waals surface area contributed by atoms with Gasteiger partial charge in [0.05, 0.1) is 18.8 Å². The Bertz CT molecular complexity index is 1660. The number of anilines is 2. The zero-order valence-corrected chi connectivity index (χ0v) is 27.8.